The lowest BCUT2D eigenvalue weighted by Gasteiger charge is -2.16. The van der Waals surface area contributed by atoms with E-state index in [9.17, 15) is 8.42 Å². The maximum Gasteiger partial charge on any atom is 0.240 e. The van der Waals surface area contributed by atoms with Gasteiger partial charge in [0.05, 0.1) is 24.6 Å². The number of benzene rings is 1. The van der Waals surface area contributed by atoms with Gasteiger partial charge in [0.25, 0.3) is 0 Å². The van der Waals surface area contributed by atoms with E-state index in [1.807, 2.05) is 0 Å². The molecule has 1 aromatic rings. The topological polar surface area (TPSA) is 81.8 Å². The molecule has 2 N–H and O–H groups in total. The number of hydrogen-bond acceptors (Lipinski definition) is 4. The Hall–Kier alpha value is -1.24. The van der Waals surface area contributed by atoms with Gasteiger partial charge in [-0.25, -0.2) is 13.6 Å². The predicted molar refractivity (Wildman–Crippen MR) is 55.7 cm³/mol. The minimum absolute atomic E-state index is 0.0457. The molecule has 15 heavy (non-hydrogen) atoms. The molecule has 1 aromatic carbocycles. The van der Waals surface area contributed by atoms with Gasteiger partial charge in [0.1, 0.15) is 4.90 Å². The molecule has 1 saturated heterocycles. The standard InChI is InChI=1S/C9H10N2O3S/c10-15(12,13)9-4-2-1-3-8(9)11-7-5-14-6-7/h1-4H,5-6H2,(H2,10,12,13). The fourth-order valence-electron chi connectivity index (χ4n) is 1.22. The largest absolute Gasteiger partial charge is 0.369 e. The molecule has 0 atom stereocenters. The van der Waals surface area contributed by atoms with Gasteiger partial charge < -0.3 is 4.74 Å². The van der Waals surface area contributed by atoms with E-state index in [1.165, 1.54) is 6.07 Å². The first-order chi connectivity index (χ1) is 7.07. The van der Waals surface area contributed by atoms with Gasteiger partial charge in [-0.15, -0.1) is 0 Å². The van der Waals surface area contributed by atoms with Crippen molar-refractivity contribution in [3.8, 4) is 0 Å². The monoisotopic (exact) mass is 226 g/mol. The molecule has 0 bridgehead atoms. The zero-order valence-electron chi connectivity index (χ0n) is 7.88. The van der Waals surface area contributed by atoms with Crippen LogP contribution < -0.4 is 5.14 Å². The van der Waals surface area contributed by atoms with Crippen molar-refractivity contribution in [2.75, 3.05) is 13.2 Å². The first-order valence-electron chi connectivity index (χ1n) is 4.33. The van der Waals surface area contributed by atoms with Crippen LogP contribution in [0.2, 0.25) is 0 Å². The smallest absolute Gasteiger partial charge is 0.240 e. The van der Waals surface area contributed by atoms with Gasteiger partial charge in [0.15, 0.2) is 0 Å². The molecule has 0 radical (unpaired) electrons. The van der Waals surface area contributed by atoms with Gasteiger partial charge in [-0.3, -0.25) is 4.99 Å². The average molecular weight is 226 g/mol. The van der Waals surface area contributed by atoms with E-state index in [2.05, 4.69) is 4.99 Å². The van der Waals surface area contributed by atoms with E-state index in [-0.39, 0.29) is 4.90 Å². The molecule has 0 saturated carbocycles. The summed E-state index contributed by atoms with van der Waals surface area (Å²) >= 11 is 0. The summed E-state index contributed by atoms with van der Waals surface area (Å²) in [5, 5.41) is 5.06. The first-order valence-corrected chi connectivity index (χ1v) is 5.88. The Morgan fingerprint density at radius 1 is 1.27 bits per heavy atom. The normalized spacial score (nSPS) is 15.9. The Morgan fingerprint density at radius 3 is 2.47 bits per heavy atom. The second kappa shape index (κ2) is 3.73. The van der Waals surface area contributed by atoms with E-state index < -0.39 is 10.0 Å². The summed E-state index contributed by atoms with van der Waals surface area (Å²) in [6, 6.07) is 6.38. The van der Waals surface area contributed by atoms with Crippen molar-refractivity contribution in [2.45, 2.75) is 4.90 Å². The number of hydrogen-bond donors (Lipinski definition) is 1. The summed E-state index contributed by atoms with van der Waals surface area (Å²) < 4.78 is 27.4. The van der Waals surface area contributed by atoms with Crippen LogP contribution in [-0.2, 0) is 14.8 Å². The van der Waals surface area contributed by atoms with Crippen LogP contribution in [0.3, 0.4) is 0 Å². The summed E-state index contributed by atoms with van der Waals surface area (Å²) in [7, 11) is -3.71. The van der Waals surface area contributed by atoms with E-state index in [1.54, 1.807) is 18.2 Å². The average Bonchev–Trinajstić information content (AvgIpc) is 2.10. The zero-order chi connectivity index (χ0) is 10.9. The summed E-state index contributed by atoms with van der Waals surface area (Å²) in [6.07, 6.45) is 0. The number of rotatable bonds is 2. The van der Waals surface area contributed by atoms with Crippen molar-refractivity contribution in [1.82, 2.24) is 0 Å². The Balaban J connectivity index is 2.47. The molecule has 0 spiro atoms. The number of aliphatic imine (C=N–C) groups is 1. The second-order valence-corrected chi connectivity index (χ2v) is 4.71. The van der Waals surface area contributed by atoms with Crippen LogP contribution in [0.1, 0.15) is 0 Å². The van der Waals surface area contributed by atoms with Crippen molar-refractivity contribution in [3.63, 3.8) is 0 Å². The SMILES string of the molecule is NS(=O)(=O)c1ccccc1N=C1COC1. The van der Waals surface area contributed by atoms with E-state index in [0.29, 0.717) is 18.9 Å². The van der Waals surface area contributed by atoms with Gasteiger partial charge in [0, 0.05) is 0 Å². The highest BCUT2D eigenvalue weighted by atomic mass is 32.2. The van der Waals surface area contributed by atoms with Crippen LogP contribution in [0.15, 0.2) is 34.2 Å². The molecule has 0 amide bonds. The number of nitrogens with zero attached hydrogens (tertiary/aromatic N) is 1. The molecule has 0 aromatic heterocycles. The van der Waals surface area contributed by atoms with E-state index >= 15 is 0 Å². The lowest BCUT2D eigenvalue weighted by Crippen LogP contribution is -2.27. The molecule has 5 nitrogen and oxygen atoms in total. The maximum absolute atomic E-state index is 11.2. The van der Waals surface area contributed by atoms with Crippen LogP contribution in [0.25, 0.3) is 0 Å². The Labute approximate surface area is 87.6 Å². The fraction of sp³-hybridized carbons (Fsp3) is 0.222. The van der Waals surface area contributed by atoms with Crippen molar-refractivity contribution in [1.29, 1.82) is 0 Å². The molecule has 2 rings (SSSR count). The van der Waals surface area contributed by atoms with Gasteiger partial charge in [-0.2, -0.15) is 0 Å². The fourth-order valence-corrected chi connectivity index (χ4v) is 1.89. The molecular weight excluding hydrogens is 216 g/mol. The number of ether oxygens (including phenoxy) is 1. The number of primary sulfonamides is 1. The highest BCUT2D eigenvalue weighted by Gasteiger charge is 2.16. The molecule has 1 aliphatic heterocycles. The highest BCUT2D eigenvalue weighted by Crippen LogP contribution is 2.23. The third-order valence-electron chi connectivity index (χ3n) is 1.99. The summed E-state index contributed by atoms with van der Waals surface area (Å²) in [5.74, 6) is 0. The molecule has 1 aliphatic rings. The predicted octanol–water partition coefficient (Wildman–Crippen LogP) is 0.437. The molecule has 1 fully saturated rings. The Kier molecular flexibility index (Phi) is 2.56. The molecule has 0 aliphatic carbocycles. The van der Waals surface area contributed by atoms with Crippen molar-refractivity contribution in [2.24, 2.45) is 10.1 Å². The zero-order valence-corrected chi connectivity index (χ0v) is 8.70. The van der Waals surface area contributed by atoms with Gasteiger partial charge in [-0.05, 0) is 12.1 Å². The summed E-state index contributed by atoms with van der Waals surface area (Å²) in [6.45, 7) is 0.915. The lowest BCUT2D eigenvalue weighted by atomic mass is 10.3. The summed E-state index contributed by atoms with van der Waals surface area (Å²) in [4.78, 5) is 4.21. The van der Waals surface area contributed by atoms with Crippen LogP contribution >= 0.6 is 0 Å². The quantitative estimate of drug-likeness (QED) is 0.794. The number of para-hydroxylation sites is 1. The van der Waals surface area contributed by atoms with Crippen molar-refractivity contribution < 1.29 is 13.2 Å². The third-order valence-corrected chi connectivity index (χ3v) is 2.95. The molecule has 80 valence electrons. The summed E-state index contributed by atoms with van der Waals surface area (Å²) in [5.41, 5.74) is 1.20. The maximum atomic E-state index is 11.2. The highest BCUT2D eigenvalue weighted by molar-refractivity contribution is 7.89. The second-order valence-electron chi connectivity index (χ2n) is 3.18. The van der Waals surface area contributed by atoms with Crippen LogP contribution in [0, 0.1) is 0 Å². The number of nitrogens with two attached hydrogens (primary N) is 1. The minimum Gasteiger partial charge on any atom is -0.369 e. The van der Waals surface area contributed by atoms with Gasteiger partial charge >= 0.3 is 0 Å². The van der Waals surface area contributed by atoms with E-state index in [4.69, 9.17) is 9.88 Å². The van der Waals surface area contributed by atoms with Gasteiger partial charge in [0.2, 0.25) is 10.0 Å². The lowest BCUT2D eigenvalue weighted by molar-refractivity contribution is 0.159. The van der Waals surface area contributed by atoms with Gasteiger partial charge in [-0.1, -0.05) is 12.1 Å². The van der Waals surface area contributed by atoms with E-state index in [0.717, 1.165) is 5.71 Å². The van der Waals surface area contributed by atoms with Crippen molar-refractivity contribution >= 4 is 21.4 Å². The van der Waals surface area contributed by atoms with Crippen LogP contribution in [-0.4, -0.2) is 27.3 Å². The molecular formula is C9H10N2O3S. The third kappa shape index (κ3) is 2.23. The van der Waals surface area contributed by atoms with Crippen LogP contribution in [0.4, 0.5) is 5.69 Å². The molecule has 6 heteroatoms. The minimum atomic E-state index is -3.71. The Bertz CT molecular complexity index is 502. The number of sulfonamides is 1. The molecule has 1 heterocycles. The molecule has 0 unspecified atom stereocenters. The van der Waals surface area contributed by atoms with Crippen molar-refractivity contribution in [3.05, 3.63) is 24.3 Å². The van der Waals surface area contributed by atoms with Crippen LogP contribution in [0.5, 0.6) is 0 Å². The first kappa shape index (κ1) is 10.3. The Morgan fingerprint density at radius 2 is 1.93 bits per heavy atom.